The average molecular weight is 311 g/mol. The molecule has 4 nitrogen and oxygen atoms in total. The maximum atomic E-state index is 10.5. The van der Waals surface area contributed by atoms with Crippen LogP contribution in [0.4, 0.5) is 11.5 Å². The van der Waals surface area contributed by atoms with Crippen molar-refractivity contribution in [2.75, 3.05) is 18.0 Å². The molecule has 2 aliphatic heterocycles. The monoisotopic (exact) mass is 311 g/mol. The number of aliphatic imine (C=N–C) groups is 1. The Morgan fingerprint density at radius 3 is 2.82 bits per heavy atom. The van der Waals surface area contributed by atoms with Gasteiger partial charge in [0.25, 0.3) is 0 Å². The summed E-state index contributed by atoms with van der Waals surface area (Å²) in [6.45, 7) is 1.97. The van der Waals surface area contributed by atoms with Crippen LogP contribution in [0.2, 0.25) is 0 Å². The van der Waals surface area contributed by atoms with Gasteiger partial charge in [-0.3, -0.25) is 4.99 Å². The van der Waals surface area contributed by atoms with Gasteiger partial charge in [-0.1, -0.05) is 18.2 Å². The van der Waals surface area contributed by atoms with E-state index in [1.165, 1.54) is 30.8 Å². The van der Waals surface area contributed by atoms with E-state index in [1.54, 1.807) is 0 Å². The second-order valence-corrected chi connectivity index (χ2v) is 6.45. The van der Waals surface area contributed by atoms with Crippen molar-refractivity contribution >= 4 is 40.9 Å². The van der Waals surface area contributed by atoms with Crippen LogP contribution >= 0.6 is 11.5 Å². The van der Waals surface area contributed by atoms with Gasteiger partial charge in [0.1, 0.15) is 0 Å². The topological polar surface area (TPSA) is 48.7 Å². The zero-order valence-corrected chi connectivity index (χ0v) is 13.0. The van der Waals surface area contributed by atoms with Gasteiger partial charge in [0, 0.05) is 30.4 Å². The summed E-state index contributed by atoms with van der Waals surface area (Å²) >= 11 is 1.35. The molecule has 2 aliphatic rings. The van der Waals surface area contributed by atoms with Crippen LogP contribution in [0.15, 0.2) is 29.3 Å². The molecular formula is C17H17N3OS. The Morgan fingerprint density at radius 2 is 1.95 bits per heavy atom. The first-order valence-electron chi connectivity index (χ1n) is 7.62. The Balaban J connectivity index is 1.66. The molecule has 0 unspecified atom stereocenters. The molecule has 1 saturated heterocycles. The van der Waals surface area contributed by atoms with E-state index in [0.717, 1.165) is 40.6 Å². The highest BCUT2D eigenvalue weighted by molar-refractivity contribution is 7.07. The zero-order chi connectivity index (χ0) is 14.9. The second-order valence-electron chi connectivity index (χ2n) is 5.64. The van der Waals surface area contributed by atoms with E-state index < -0.39 is 0 Å². The highest BCUT2D eigenvalue weighted by Gasteiger charge is 2.20. The van der Waals surface area contributed by atoms with Crippen molar-refractivity contribution in [3.8, 4) is 5.75 Å². The third-order valence-corrected chi connectivity index (χ3v) is 4.95. The van der Waals surface area contributed by atoms with Crippen LogP contribution in [0.25, 0.3) is 11.6 Å². The molecule has 3 heterocycles. The van der Waals surface area contributed by atoms with Crippen molar-refractivity contribution in [3.63, 3.8) is 0 Å². The molecule has 0 bridgehead atoms. The fourth-order valence-electron chi connectivity index (χ4n) is 2.99. The molecule has 2 aromatic rings. The van der Waals surface area contributed by atoms with E-state index in [0.29, 0.717) is 5.75 Å². The molecule has 1 N–H and O–H groups in total. The Morgan fingerprint density at radius 1 is 1.14 bits per heavy atom. The van der Waals surface area contributed by atoms with Crippen LogP contribution in [-0.2, 0) is 0 Å². The van der Waals surface area contributed by atoms with Gasteiger partial charge in [0.15, 0.2) is 11.6 Å². The summed E-state index contributed by atoms with van der Waals surface area (Å²) in [6, 6.07) is 8.04. The van der Waals surface area contributed by atoms with Crippen molar-refractivity contribution in [1.82, 2.24) is 4.37 Å². The molecule has 1 aromatic heterocycles. The van der Waals surface area contributed by atoms with Gasteiger partial charge >= 0.3 is 0 Å². The standard InChI is InChI=1S/C17H17N3OS/c21-16-15(22-19-17(16)20-8-4-1-5-9-20)10-12-11-18-14-7-3-2-6-13(12)14/h2-3,6-7,10-11,21H,1,4-5,8-9H2/b12-10+. The van der Waals surface area contributed by atoms with Gasteiger partial charge < -0.3 is 10.0 Å². The highest BCUT2D eigenvalue weighted by atomic mass is 32.1. The van der Waals surface area contributed by atoms with Crippen LogP contribution in [0.3, 0.4) is 0 Å². The molecule has 22 heavy (non-hydrogen) atoms. The highest BCUT2D eigenvalue weighted by Crippen LogP contribution is 2.39. The summed E-state index contributed by atoms with van der Waals surface area (Å²) in [5.74, 6) is 1.04. The number of benzene rings is 1. The summed E-state index contributed by atoms with van der Waals surface area (Å²) in [4.78, 5) is 7.39. The van der Waals surface area contributed by atoms with Gasteiger partial charge in [-0.2, -0.15) is 4.37 Å². The zero-order valence-electron chi connectivity index (χ0n) is 12.2. The quantitative estimate of drug-likeness (QED) is 0.908. The van der Waals surface area contributed by atoms with E-state index in [1.807, 2.05) is 30.5 Å². The summed E-state index contributed by atoms with van der Waals surface area (Å²) in [5, 5.41) is 10.5. The molecule has 1 fully saturated rings. The molecule has 112 valence electrons. The molecule has 4 rings (SSSR count). The fraction of sp³-hybridized carbons (Fsp3) is 0.294. The van der Waals surface area contributed by atoms with E-state index in [2.05, 4.69) is 20.3 Å². The number of aromatic hydroxyl groups is 1. The normalized spacial score (nSPS) is 18.9. The number of hydrogen-bond acceptors (Lipinski definition) is 5. The lowest BCUT2D eigenvalue weighted by Gasteiger charge is -2.26. The summed E-state index contributed by atoms with van der Waals surface area (Å²) < 4.78 is 4.47. The van der Waals surface area contributed by atoms with Crippen molar-refractivity contribution in [2.24, 2.45) is 4.99 Å². The molecule has 0 atom stereocenters. The Kier molecular flexibility index (Phi) is 3.42. The Labute approximate surface area is 133 Å². The molecule has 5 heteroatoms. The molecule has 0 saturated carbocycles. The van der Waals surface area contributed by atoms with Gasteiger partial charge in [-0.05, 0) is 42.9 Å². The lowest BCUT2D eigenvalue weighted by atomic mass is 10.1. The molecule has 0 aliphatic carbocycles. The maximum Gasteiger partial charge on any atom is 0.185 e. The number of allylic oxidation sites excluding steroid dienone is 1. The van der Waals surface area contributed by atoms with Crippen LogP contribution in [0, 0.1) is 0 Å². The average Bonchev–Trinajstić information content (AvgIpc) is 3.14. The van der Waals surface area contributed by atoms with Crippen molar-refractivity contribution in [1.29, 1.82) is 0 Å². The number of piperidine rings is 1. The van der Waals surface area contributed by atoms with Gasteiger partial charge in [0.05, 0.1) is 10.6 Å². The predicted octanol–water partition coefficient (Wildman–Crippen LogP) is 4.10. The molecule has 0 amide bonds. The minimum Gasteiger partial charge on any atom is -0.503 e. The second kappa shape index (κ2) is 5.57. The number of fused-ring (bicyclic) bond motifs is 1. The lowest BCUT2D eigenvalue weighted by Crippen LogP contribution is -2.29. The van der Waals surface area contributed by atoms with Crippen LogP contribution < -0.4 is 4.90 Å². The third kappa shape index (κ3) is 2.31. The number of anilines is 1. The Hall–Kier alpha value is -2.14. The number of para-hydroxylation sites is 1. The van der Waals surface area contributed by atoms with Gasteiger partial charge in [0.2, 0.25) is 0 Å². The molecule has 1 aromatic carbocycles. The first-order valence-corrected chi connectivity index (χ1v) is 8.39. The van der Waals surface area contributed by atoms with E-state index in [9.17, 15) is 5.11 Å². The van der Waals surface area contributed by atoms with E-state index in [-0.39, 0.29) is 0 Å². The van der Waals surface area contributed by atoms with Gasteiger partial charge in [-0.15, -0.1) is 0 Å². The third-order valence-electron chi connectivity index (χ3n) is 4.18. The summed E-state index contributed by atoms with van der Waals surface area (Å²) in [7, 11) is 0. The molecular weight excluding hydrogens is 294 g/mol. The lowest BCUT2D eigenvalue weighted by molar-refractivity contribution is 0.469. The SMILES string of the molecule is Oc1c(N2CCCCC2)nsc1/C=C1\C=Nc2ccccc21. The van der Waals surface area contributed by atoms with E-state index in [4.69, 9.17) is 0 Å². The number of nitrogens with zero attached hydrogens (tertiary/aromatic N) is 3. The fourth-order valence-corrected chi connectivity index (χ4v) is 3.74. The molecule has 0 radical (unpaired) electrons. The maximum absolute atomic E-state index is 10.5. The van der Waals surface area contributed by atoms with Crippen molar-refractivity contribution < 1.29 is 5.11 Å². The van der Waals surface area contributed by atoms with E-state index >= 15 is 0 Å². The van der Waals surface area contributed by atoms with Crippen LogP contribution in [0.1, 0.15) is 29.7 Å². The first kappa shape index (κ1) is 13.5. The number of hydrogen-bond donors (Lipinski definition) is 1. The van der Waals surface area contributed by atoms with Gasteiger partial charge in [-0.25, -0.2) is 0 Å². The number of rotatable bonds is 2. The largest absolute Gasteiger partial charge is 0.503 e. The minimum absolute atomic E-state index is 0.303. The van der Waals surface area contributed by atoms with Crippen molar-refractivity contribution in [2.45, 2.75) is 19.3 Å². The van der Waals surface area contributed by atoms with Crippen LogP contribution in [-0.4, -0.2) is 28.8 Å². The summed E-state index contributed by atoms with van der Waals surface area (Å²) in [6.07, 6.45) is 7.45. The van der Waals surface area contributed by atoms with Crippen molar-refractivity contribution in [3.05, 3.63) is 34.7 Å². The molecule has 0 spiro atoms. The van der Waals surface area contributed by atoms with Crippen LogP contribution in [0.5, 0.6) is 5.75 Å². The Bertz CT molecular complexity index is 757. The number of aromatic nitrogens is 1. The summed E-state index contributed by atoms with van der Waals surface area (Å²) in [5.41, 5.74) is 3.11. The smallest absolute Gasteiger partial charge is 0.185 e. The minimum atomic E-state index is 0.303. The first-order chi connectivity index (χ1) is 10.8. The predicted molar refractivity (Wildman–Crippen MR) is 92.3 cm³/mol.